The van der Waals surface area contributed by atoms with Gasteiger partial charge in [-0.3, -0.25) is 0 Å². The number of amides is 2. The summed E-state index contributed by atoms with van der Waals surface area (Å²) in [4.78, 5) is 22.0. The molecular weight excluding hydrogens is 228 g/mol. The van der Waals surface area contributed by atoms with Gasteiger partial charge in [0.25, 0.3) is 0 Å². The van der Waals surface area contributed by atoms with E-state index in [0.29, 0.717) is 5.76 Å². The van der Waals surface area contributed by atoms with Crippen LogP contribution < -0.4 is 10.6 Å². The molecule has 0 aliphatic carbocycles. The van der Waals surface area contributed by atoms with E-state index < -0.39 is 18.0 Å². The van der Waals surface area contributed by atoms with Crippen LogP contribution in [0.15, 0.2) is 22.8 Å². The van der Waals surface area contributed by atoms with Gasteiger partial charge < -0.3 is 25.3 Å². The maximum Gasteiger partial charge on any atom is 0.326 e. The van der Waals surface area contributed by atoms with E-state index in [1.807, 2.05) is 0 Å². The molecule has 17 heavy (non-hydrogen) atoms. The minimum absolute atomic E-state index is 0.0382. The SMILES string of the molecule is O=C(NCc1ccco1)N[C@H](CCO)C(=O)O. The van der Waals surface area contributed by atoms with Crippen molar-refractivity contribution in [3.8, 4) is 0 Å². The molecule has 0 unspecified atom stereocenters. The zero-order chi connectivity index (χ0) is 12.7. The topological polar surface area (TPSA) is 112 Å². The smallest absolute Gasteiger partial charge is 0.326 e. The van der Waals surface area contributed by atoms with Crippen molar-refractivity contribution in [3.05, 3.63) is 24.2 Å². The largest absolute Gasteiger partial charge is 0.480 e. The maximum atomic E-state index is 11.3. The Bertz CT molecular complexity index is 363. The summed E-state index contributed by atoms with van der Waals surface area (Å²) >= 11 is 0. The lowest BCUT2D eigenvalue weighted by Gasteiger charge is -2.13. The van der Waals surface area contributed by atoms with Gasteiger partial charge in [0, 0.05) is 13.0 Å². The molecule has 0 aliphatic heterocycles. The second-order valence-electron chi connectivity index (χ2n) is 3.31. The Morgan fingerprint density at radius 1 is 1.47 bits per heavy atom. The van der Waals surface area contributed by atoms with Crippen molar-refractivity contribution >= 4 is 12.0 Å². The number of carbonyl (C=O) groups is 2. The highest BCUT2D eigenvalue weighted by molar-refractivity contribution is 5.82. The number of aliphatic hydroxyl groups excluding tert-OH is 1. The first-order chi connectivity index (χ1) is 8.13. The zero-order valence-corrected chi connectivity index (χ0v) is 9.05. The molecule has 0 saturated heterocycles. The molecule has 0 saturated carbocycles. The van der Waals surface area contributed by atoms with Gasteiger partial charge in [-0.25, -0.2) is 9.59 Å². The summed E-state index contributed by atoms with van der Waals surface area (Å²) in [7, 11) is 0. The molecule has 0 bridgehead atoms. The van der Waals surface area contributed by atoms with Gasteiger partial charge in [0.15, 0.2) is 0 Å². The van der Waals surface area contributed by atoms with Crippen LogP contribution in [0.3, 0.4) is 0 Å². The van der Waals surface area contributed by atoms with E-state index in [1.54, 1.807) is 12.1 Å². The lowest BCUT2D eigenvalue weighted by atomic mass is 10.2. The number of carboxylic acids is 1. The highest BCUT2D eigenvalue weighted by Crippen LogP contribution is 1.98. The summed E-state index contributed by atoms with van der Waals surface area (Å²) in [6.45, 7) is -0.139. The summed E-state index contributed by atoms with van der Waals surface area (Å²) in [6, 6.07) is 1.64. The fourth-order valence-electron chi connectivity index (χ4n) is 1.18. The Morgan fingerprint density at radius 3 is 2.76 bits per heavy atom. The number of hydrogen-bond donors (Lipinski definition) is 4. The summed E-state index contributed by atoms with van der Waals surface area (Å²) in [5, 5.41) is 22.0. The third-order valence-corrected chi connectivity index (χ3v) is 2.02. The minimum atomic E-state index is -1.19. The molecule has 0 spiro atoms. The number of furan rings is 1. The van der Waals surface area contributed by atoms with Crippen LogP contribution in [0.25, 0.3) is 0 Å². The Hall–Kier alpha value is -2.02. The lowest BCUT2D eigenvalue weighted by molar-refractivity contribution is -0.139. The normalized spacial score (nSPS) is 11.8. The van der Waals surface area contributed by atoms with Gasteiger partial charge in [-0.15, -0.1) is 0 Å². The Balaban J connectivity index is 2.34. The lowest BCUT2D eigenvalue weighted by Crippen LogP contribution is -2.46. The number of aliphatic carboxylic acids is 1. The van der Waals surface area contributed by atoms with Gasteiger partial charge in [0.1, 0.15) is 11.8 Å². The number of rotatable bonds is 6. The van der Waals surface area contributed by atoms with E-state index in [-0.39, 0.29) is 19.6 Å². The molecule has 7 heteroatoms. The van der Waals surface area contributed by atoms with Crippen molar-refractivity contribution in [2.75, 3.05) is 6.61 Å². The molecule has 1 rings (SSSR count). The molecule has 1 heterocycles. The van der Waals surface area contributed by atoms with Crippen LogP contribution in [0.2, 0.25) is 0 Å². The monoisotopic (exact) mass is 242 g/mol. The van der Waals surface area contributed by atoms with Crippen molar-refractivity contribution in [2.24, 2.45) is 0 Å². The van der Waals surface area contributed by atoms with Crippen molar-refractivity contribution in [2.45, 2.75) is 19.0 Å². The summed E-state index contributed by atoms with van der Waals surface area (Å²) in [5.74, 6) is -0.624. The van der Waals surface area contributed by atoms with Crippen LogP contribution in [0, 0.1) is 0 Å². The van der Waals surface area contributed by atoms with Gasteiger partial charge in [-0.2, -0.15) is 0 Å². The number of carbonyl (C=O) groups excluding carboxylic acids is 1. The first-order valence-electron chi connectivity index (χ1n) is 5.04. The van der Waals surface area contributed by atoms with Crippen LogP contribution in [0.5, 0.6) is 0 Å². The highest BCUT2D eigenvalue weighted by atomic mass is 16.4. The molecule has 0 aromatic carbocycles. The van der Waals surface area contributed by atoms with Crippen molar-refractivity contribution in [1.82, 2.24) is 10.6 Å². The van der Waals surface area contributed by atoms with Gasteiger partial charge in [-0.1, -0.05) is 0 Å². The van der Waals surface area contributed by atoms with Crippen LogP contribution in [-0.2, 0) is 11.3 Å². The number of urea groups is 1. The molecule has 0 radical (unpaired) electrons. The highest BCUT2D eigenvalue weighted by Gasteiger charge is 2.18. The zero-order valence-electron chi connectivity index (χ0n) is 9.05. The second-order valence-corrected chi connectivity index (χ2v) is 3.31. The predicted octanol–water partition coefficient (Wildman–Crippen LogP) is -0.0856. The number of hydrogen-bond acceptors (Lipinski definition) is 4. The fourth-order valence-corrected chi connectivity index (χ4v) is 1.18. The van der Waals surface area contributed by atoms with E-state index in [0.717, 1.165) is 0 Å². The molecular formula is C10H14N2O5. The molecule has 4 N–H and O–H groups in total. The molecule has 2 amide bonds. The number of aliphatic hydroxyl groups is 1. The van der Waals surface area contributed by atoms with E-state index >= 15 is 0 Å². The summed E-state index contributed by atoms with van der Waals surface area (Å²) in [6.07, 6.45) is 1.43. The first-order valence-corrected chi connectivity index (χ1v) is 5.04. The van der Waals surface area contributed by atoms with Crippen molar-refractivity contribution in [3.63, 3.8) is 0 Å². The minimum Gasteiger partial charge on any atom is -0.480 e. The van der Waals surface area contributed by atoms with E-state index in [9.17, 15) is 9.59 Å². The quantitative estimate of drug-likeness (QED) is 0.557. The third kappa shape index (κ3) is 4.56. The number of nitrogens with one attached hydrogen (secondary N) is 2. The first kappa shape index (κ1) is 13.0. The van der Waals surface area contributed by atoms with E-state index in [4.69, 9.17) is 14.6 Å². The molecule has 1 aromatic heterocycles. The van der Waals surface area contributed by atoms with Crippen LogP contribution in [-0.4, -0.2) is 34.9 Å². The van der Waals surface area contributed by atoms with Crippen LogP contribution in [0.4, 0.5) is 4.79 Å². The van der Waals surface area contributed by atoms with Crippen molar-refractivity contribution in [1.29, 1.82) is 0 Å². The molecule has 1 atom stereocenters. The van der Waals surface area contributed by atoms with Crippen molar-refractivity contribution < 1.29 is 24.2 Å². The van der Waals surface area contributed by atoms with Gasteiger partial charge in [0.2, 0.25) is 0 Å². The third-order valence-electron chi connectivity index (χ3n) is 2.02. The van der Waals surface area contributed by atoms with Crippen LogP contribution >= 0.6 is 0 Å². The number of carboxylic acid groups (broad SMARTS) is 1. The summed E-state index contributed by atoms with van der Waals surface area (Å²) < 4.78 is 4.99. The summed E-state index contributed by atoms with van der Waals surface area (Å²) in [5.41, 5.74) is 0. The van der Waals surface area contributed by atoms with Crippen LogP contribution in [0.1, 0.15) is 12.2 Å². The Morgan fingerprint density at radius 2 is 2.24 bits per heavy atom. The Labute approximate surface area is 97.4 Å². The van der Waals surface area contributed by atoms with E-state index in [1.165, 1.54) is 6.26 Å². The average molecular weight is 242 g/mol. The standard InChI is InChI=1S/C10H14N2O5/c13-4-3-8(9(14)15)12-10(16)11-6-7-2-1-5-17-7/h1-2,5,8,13H,3-4,6H2,(H,14,15)(H2,11,12,16)/t8-/m1/s1. The van der Waals surface area contributed by atoms with Gasteiger partial charge in [-0.05, 0) is 12.1 Å². The fraction of sp³-hybridized carbons (Fsp3) is 0.400. The Kier molecular flexibility index (Phi) is 5.02. The molecule has 0 aliphatic rings. The molecule has 1 aromatic rings. The molecule has 7 nitrogen and oxygen atoms in total. The molecule has 94 valence electrons. The molecule has 0 fully saturated rings. The predicted molar refractivity (Wildman–Crippen MR) is 57.2 cm³/mol. The van der Waals surface area contributed by atoms with E-state index in [2.05, 4.69) is 10.6 Å². The maximum absolute atomic E-state index is 11.3. The second kappa shape index (κ2) is 6.54. The average Bonchev–Trinajstić information content (AvgIpc) is 2.78. The van der Waals surface area contributed by atoms with Gasteiger partial charge in [0.05, 0.1) is 12.8 Å². The van der Waals surface area contributed by atoms with Gasteiger partial charge >= 0.3 is 12.0 Å².